The van der Waals surface area contributed by atoms with E-state index < -0.39 is 0 Å². The topological polar surface area (TPSA) is 54.3 Å². The van der Waals surface area contributed by atoms with E-state index in [1.165, 1.54) is 0 Å². The van der Waals surface area contributed by atoms with Crippen LogP contribution in [0.5, 0.6) is 11.5 Å². The van der Waals surface area contributed by atoms with E-state index >= 15 is 0 Å². The zero-order chi connectivity index (χ0) is 15.2. The number of anilines is 1. The molecule has 0 saturated carbocycles. The first-order valence-electron chi connectivity index (χ1n) is 6.63. The van der Waals surface area contributed by atoms with Gasteiger partial charge in [0.15, 0.2) is 0 Å². The largest absolute Gasteiger partial charge is 0.497 e. The molecule has 0 fully saturated rings. The maximum atomic E-state index is 9.14. The van der Waals surface area contributed by atoms with Gasteiger partial charge in [-0.15, -0.1) is 0 Å². The molecular formula is C17H18N2O2. The lowest BCUT2D eigenvalue weighted by Gasteiger charge is -2.13. The van der Waals surface area contributed by atoms with Crippen LogP contribution in [0, 0.1) is 18.3 Å². The van der Waals surface area contributed by atoms with Gasteiger partial charge in [0, 0.05) is 18.2 Å². The van der Waals surface area contributed by atoms with Crippen LogP contribution in [0.4, 0.5) is 5.69 Å². The molecule has 2 aromatic rings. The van der Waals surface area contributed by atoms with Gasteiger partial charge in [0.25, 0.3) is 0 Å². The van der Waals surface area contributed by atoms with E-state index in [0.717, 1.165) is 28.3 Å². The summed E-state index contributed by atoms with van der Waals surface area (Å²) in [5.41, 5.74) is 3.57. The van der Waals surface area contributed by atoms with Gasteiger partial charge in [-0.3, -0.25) is 0 Å². The Morgan fingerprint density at radius 3 is 2.57 bits per heavy atom. The van der Waals surface area contributed by atoms with Gasteiger partial charge in [-0.1, -0.05) is 6.07 Å². The van der Waals surface area contributed by atoms with E-state index in [1.807, 2.05) is 43.3 Å². The third kappa shape index (κ3) is 3.46. The zero-order valence-corrected chi connectivity index (χ0v) is 12.4. The first-order chi connectivity index (χ1) is 10.2. The second-order valence-corrected chi connectivity index (χ2v) is 4.69. The number of methoxy groups -OCH3 is 2. The van der Waals surface area contributed by atoms with Crippen LogP contribution >= 0.6 is 0 Å². The Kier molecular flexibility index (Phi) is 4.68. The molecule has 2 rings (SSSR count). The maximum absolute atomic E-state index is 9.14. The van der Waals surface area contributed by atoms with Crippen molar-refractivity contribution in [3.05, 3.63) is 53.1 Å². The molecule has 108 valence electrons. The van der Waals surface area contributed by atoms with Crippen molar-refractivity contribution in [2.45, 2.75) is 13.5 Å². The van der Waals surface area contributed by atoms with Gasteiger partial charge in [-0.05, 0) is 36.8 Å². The van der Waals surface area contributed by atoms with Crippen molar-refractivity contribution in [2.24, 2.45) is 0 Å². The summed E-state index contributed by atoms with van der Waals surface area (Å²) in [7, 11) is 3.25. The number of nitrogens with zero attached hydrogens (tertiary/aromatic N) is 1. The molecule has 0 aromatic heterocycles. The van der Waals surface area contributed by atoms with Crippen molar-refractivity contribution >= 4 is 5.69 Å². The van der Waals surface area contributed by atoms with Gasteiger partial charge >= 0.3 is 0 Å². The molecule has 0 aliphatic heterocycles. The van der Waals surface area contributed by atoms with E-state index in [1.54, 1.807) is 14.2 Å². The highest BCUT2D eigenvalue weighted by atomic mass is 16.5. The summed E-state index contributed by atoms with van der Waals surface area (Å²) >= 11 is 0. The number of ether oxygens (including phenoxy) is 2. The fourth-order valence-electron chi connectivity index (χ4n) is 2.09. The number of aryl methyl sites for hydroxylation is 1. The number of rotatable bonds is 5. The first kappa shape index (κ1) is 14.7. The molecule has 0 bridgehead atoms. The average molecular weight is 282 g/mol. The van der Waals surface area contributed by atoms with E-state index in [-0.39, 0.29) is 0 Å². The highest BCUT2D eigenvalue weighted by Crippen LogP contribution is 2.26. The van der Waals surface area contributed by atoms with Crippen LogP contribution in [0.1, 0.15) is 16.7 Å². The summed E-state index contributed by atoms with van der Waals surface area (Å²) in [5, 5.41) is 12.4. The summed E-state index contributed by atoms with van der Waals surface area (Å²) in [5.74, 6) is 1.51. The van der Waals surface area contributed by atoms with Crippen LogP contribution in [-0.4, -0.2) is 14.2 Å². The van der Waals surface area contributed by atoms with Crippen molar-refractivity contribution < 1.29 is 9.47 Å². The Morgan fingerprint density at radius 2 is 1.90 bits per heavy atom. The number of hydrogen-bond acceptors (Lipinski definition) is 4. The normalized spacial score (nSPS) is 9.81. The molecule has 2 aromatic carbocycles. The smallest absolute Gasteiger partial charge is 0.127 e. The van der Waals surface area contributed by atoms with E-state index in [4.69, 9.17) is 14.7 Å². The number of hydrogen-bond donors (Lipinski definition) is 1. The molecule has 4 nitrogen and oxygen atoms in total. The lowest BCUT2D eigenvalue weighted by Crippen LogP contribution is -2.03. The lowest BCUT2D eigenvalue weighted by atomic mass is 10.1. The molecule has 0 amide bonds. The highest BCUT2D eigenvalue weighted by molar-refractivity contribution is 5.59. The molecule has 0 saturated heterocycles. The Labute approximate surface area is 124 Å². The van der Waals surface area contributed by atoms with Crippen LogP contribution in [0.2, 0.25) is 0 Å². The summed E-state index contributed by atoms with van der Waals surface area (Å²) in [4.78, 5) is 0. The van der Waals surface area contributed by atoms with E-state index in [0.29, 0.717) is 12.1 Å². The predicted octanol–water partition coefficient (Wildman–Crippen LogP) is 3.50. The van der Waals surface area contributed by atoms with Crippen molar-refractivity contribution in [1.82, 2.24) is 0 Å². The maximum Gasteiger partial charge on any atom is 0.127 e. The quantitative estimate of drug-likeness (QED) is 0.912. The molecule has 0 atom stereocenters. The van der Waals surface area contributed by atoms with Crippen LogP contribution in [0.15, 0.2) is 36.4 Å². The van der Waals surface area contributed by atoms with Crippen molar-refractivity contribution in [3.63, 3.8) is 0 Å². The minimum atomic E-state index is 0.575. The summed E-state index contributed by atoms with van der Waals surface area (Å²) in [6.45, 7) is 2.57. The SMILES string of the molecule is COc1ccc(CNc2cc(C)ccc2C#N)c(OC)c1. The van der Waals surface area contributed by atoms with Crippen LogP contribution in [0.25, 0.3) is 0 Å². The van der Waals surface area contributed by atoms with E-state index in [2.05, 4.69) is 11.4 Å². The predicted molar refractivity (Wildman–Crippen MR) is 82.8 cm³/mol. The van der Waals surface area contributed by atoms with Crippen LogP contribution in [-0.2, 0) is 6.54 Å². The summed E-state index contributed by atoms with van der Waals surface area (Å²) < 4.78 is 10.6. The Balaban J connectivity index is 2.20. The molecule has 0 radical (unpaired) electrons. The molecule has 4 heteroatoms. The second kappa shape index (κ2) is 6.67. The van der Waals surface area contributed by atoms with Gasteiger partial charge in [-0.25, -0.2) is 0 Å². The Hall–Kier alpha value is -2.67. The molecule has 21 heavy (non-hydrogen) atoms. The third-order valence-corrected chi connectivity index (χ3v) is 3.26. The number of benzene rings is 2. The zero-order valence-electron chi connectivity index (χ0n) is 12.4. The van der Waals surface area contributed by atoms with Gasteiger partial charge in [0.1, 0.15) is 17.6 Å². The molecule has 0 spiro atoms. The van der Waals surface area contributed by atoms with Crippen molar-refractivity contribution in [1.29, 1.82) is 5.26 Å². The molecule has 0 aliphatic carbocycles. The molecular weight excluding hydrogens is 264 g/mol. The van der Waals surface area contributed by atoms with Gasteiger partial charge in [0.05, 0.1) is 25.5 Å². The number of nitriles is 1. The summed E-state index contributed by atoms with van der Waals surface area (Å²) in [6.07, 6.45) is 0. The van der Waals surface area contributed by atoms with Crippen LogP contribution < -0.4 is 14.8 Å². The third-order valence-electron chi connectivity index (χ3n) is 3.26. The minimum Gasteiger partial charge on any atom is -0.497 e. The second-order valence-electron chi connectivity index (χ2n) is 4.69. The molecule has 1 N–H and O–H groups in total. The first-order valence-corrected chi connectivity index (χ1v) is 6.63. The van der Waals surface area contributed by atoms with E-state index in [9.17, 15) is 0 Å². The highest BCUT2D eigenvalue weighted by Gasteiger charge is 2.07. The Morgan fingerprint density at radius 1 is 1.10 bits per heavy atom. The molecule has 0 aliphatic rings. The monoisotopic (exact) mass is 282 g/mol. The minimum absolute atomic E-state index is 0.575. The van der Waals surface area contributed by atoms with Crippen molar-refractivity contribution in [3.8, 4) is 17.6 Å². The Bertz CT molecular complexity index is 675. The summed E-state index contributed by atoms with van der Waals surface area (Å²) in [6, 6.07) is 13.6. The average Bonchev–Trinajstić information content (AvgIpc) is 2.52. The number of nitrogens with one attached hydrogen (secondary N) is 1. The lowest BCUT2D eigenvalue weighted by molar-refractivity contribution is 0.391. The van der Waals surface area contributed by atoms with Gasteiger partial charge in [0.2, 0.25) is 0 Å². The van der Waals surface area contributed by atoms with Crippen molar-refractivity contribution in [2.75, 3.05) is 19.5 Å². The van der Waals surface area contributed by atoms with Gasteiger partial charge < -0.3 is 14.8 Å². The standard InChI is InChI=1S/C17H18N2O2/c1-12-4-5-13(10-18)16(8-12)19-11-14-6-7-15(20-2)9-17(14)21-3/h4-9,19H,11H2,1-3H3. The van der Waals surface area contributed by atoms with Gasteiger partial charge in [-0.2, -0.15) is 5.26 Å². The fourth-order valence-corrected chi connectivity index (χ4v) is 2.09. The fraction of sp³-hybridized carbons (Fsp3) is 0.235. The van der Waals surface area contributed by atoms with Crippen LogP contribution in [0.3, 0.4) is 0 Å². The molecule has 0 unspecified atom stereocenters. The molecule has 0 heterocycles.